The lowest BCUT2D eigenvalue weighted by molar-refractivity contribution is -0.150. The second-order valence-electron chi connectivity index (χ2n) is 8.29. The molecular formula is C20H26O3. The SMILES string of the molecule is CC(=O)[C@@]1(O)CC[C@H]2[C@@H]3CCC4=C(CCC(=O)C4)C3=CC[C@@]21C. The summed E-state index contributed by atoms with van der Waals surface area (Å²) in [5.41, 5.74) is 2.79. The standard InChI is InChI=1S/C20H26O3/c1-12(21)20(23)10-8-18-17-5-3-13-11-14(22)4-6-15(13)16(17)7-9-19(18,20)2/h7,17-18,23H,3-6,8-11H2,1-2H3/t17-,18+,19+,20+/m1/s1. The van der Waals surface area contributed by atoms with Crippen LogP contribution in [0.15, 0.2) is 22.8 Å². The van der Waals surface area contributed by atoms with E-state index in [1.54, 1.807) is 6.92 Å². The molecule has 1 saturated carbocycles. The second kappa shape index (κ2) is 4.89. The molecule has 1 N–H and O–H groups in total. The third kappa shape index (κ3) is 1.92. The monoisotopic (exact) mass is 314 g/mol. The Bertz CT molecular complexity index is 656. The largest absolute Gasteiger partial charge is 0.381 e. The normalized spacial score (nSPS) is 42.7. The van der Waals surface area contributed by atoms with E-state index in [2.05, 4.69) is 13.0 Å². The van der Waals surface area contributed by atoms with E-state index in [9.17, 15) is 14.7 Å². The molecule has 0 spiro atoms. The van der Waals surface area contributed by atoms with E-state index in [0.29, 0.717) is 36.9 Å². The van der Waals surface area contributed by atoms with Gasteiger partial charge in [0, 0.05) is 18.3 Å². The van der Waals surface area contributed by atoms with Crippen molar-refractivity contribution in [2.24, 2.45) is 17.3 Å². The lowest BCUT2D eigenvalue weighted by atomic mass is 9.56. The molecule has 0 aromatic heterocycles. The van der Waals surface area contributed by atoms with E-state index in [1.165, 1.54) is 16.7 Å². The Morgan fingerprint density at radius 1 is 1.26 bits per heavy atom. The first-order valence-corrected chi connectivity index (χ1v) is 9.03. The highest BCUT2D eigenvalue weighted by Gasteiger charge is 2.62. The van der Waals surface area contributed by atoms with E-state index in [-0.39, 0.29) is 11.2 Å². The number of Topliss-reactive ketones (excluding diaryl/α,β-unsaturated/α-hetero) is 2. The van der Waals surface area contributed by atoms with Crippen molar-refractivity contribution in [1.82, 2.24) is 0 Å². The molecule has 0 unspecified atom stereocenters. The minimum atomic E-state index is -1.16. The third-order valence-corrected chi connectivity index (χ3v) is 7.39. The first kappa shape index (κ1) is 15.3. The summed E-state index contributed by atoms with van der Waals surface area (Å²) in [5.74, 6) is 1.17. The Kier molecular flexibility index (Phi) is 3.26. The highest BCUT2D eigenvalue weighted by atomic mass is 16.3. The smallest absolute Gasteiger partial charge is 0.161 e. The van der Waals surface area contributed by atoms with E-state index >= 15 is 0 Å². The van der Waals surface area contributed by atoms with Crippen LogP contribution in [-0.2, 0) is 9.59 Å². The fourth-order valence-corrected chi connectivity index (χ4v) is 6.00. The average molecular weight is 314 g/mol. The molecule has 0 aromatic carbocycles. The number of hydrogen-bond donors (Lipinski definition) is 1. The van der Waals surface area contributed by atoms with Crippen LogP contribution in [0, 0.1) is 17.3 Å². The molecule has 0 radical (unpaired) electrons. The maximum atomic E-state index is 12.1. The van der Waals surface area contributed by atoms with Crippen molar-refractivity contribution in [3.8, 4) is 0 Å². The maximum absolute atomic E-state index is 12.1. The molecule has 0 heterocycles. The minimum absolute atomic E-state index is 0.0710. The van der Waals surface area contributed by atoms with Crippen LogP contribution in [0.25, 0.3) is 0 Å². The molecule has 0 amide bonds. The Labute approximate surface area is 137 Å². The summed E-state index contributed by atoms with van der Waals surface area (Å²) in [6, 6.07) is 0. The van der Waals surface area contributed by atoms with E-state index in [0.717, 1.165) is 32.1 Å². The van der Waals surface area contributed by atoms with E-state index < -0.39 is 5.60 Å². The number of rotatable bonds is 1. The fraction of sp³-hybridized carbons (Fsp3) is 0.700. The number of fused-ring (bicyclic) bond motifs is 4. The molecule has 0 bridgehead atoms. The molecule has 124 valence electrons. The average Bonchev–Trinajstić information content (AvgIpc) is 2.80. The number of aliphatic hydroxyl groups is 1. The summed E-state index contributed by atoms with van der Waals surface area (Å²) >= 11 is 0. The molecule has 4 aliphatic carbocycles. The summed E-state index contributed by atoms with van der Waals surface area (Å²) in [5, 5.41) is 11.0. The molecular weight excluding hydrogens is 288 g/mol. The lowest BCUT2D eigenvalue weighted by Crippen LogP contribution is -2.52. The molecule has 0 aromatic rings. The molecule has 4 rings (SSSR count). The van der Waals surface area contributed by atoms with Crippen molar-refractivity contribution in [2.45, 2.75) is 70.8 Å². The van der Waals surface area contributed by atoms with Gasteiger partial charge in [-0.1, -0.05) is 18.6 Å². The summed E-state index contributed by atoms with van der Waals surface area (Å²) in [6.07, 6.45) is 8.95. The van der Waals surface area contributed by atoms with Crippen LogP contribution in [0.3, 0.4) is 0 Å². The summed E-state index contributed by atoms with van der Waals surface area (Å²) in [4.78, 5) is 23.9. The number of carbonyl (C=O) groups excluding carboxylic acids is 2. The van der Waals surface area contributed by atoms with Crippen LogP contribution in [0.5, 0.6) is 0 Å². The lowest BCUT2D eigenvalue weighted by Gasteiger charge is -2.49. The second-order valence-corrected chi connectivity index (χ2v) is 8.29. The van der Waals surface area contributed by atoms with Crippen molar-refractivity contribution in [1.29, 1.82) is 0 Å². The highest BCUT2D eigenvalue weighted by Crippen LogP contribution is 2.62. The van der Waals surface area contributed by atoms with Gasteiger partial charge in [0.05, 0.1) is 0 Å². The Morgan fingerprint density at radius 3 is 2.78 bits per heavy atom. The Balaban J connectivity index is 1.74. The number of hydrogen-bond acceptors (Lipinski definition) is 3. The van der Waals surface area contributed by atoms with Crippen molar-refractivity contribution in [3.63, 3.8) is 0 Å². The zero-order valence-electron chi connectivity index (χ0n) is 14.2. The fourth-order valence-electron chi connectivity index (χ4n) is 6.00. The zero-order chi connectivity index (χ0) is 16.4. The van der Waals surface area contributed by atoms with Gasteiger partial charge in [-0.2, -0.15) is 0 Å². The zero-order valence-corrected chi connectivity index (χ0v) is 14.2. The van der Waals surface area contributed by atoms with Crippen LogP contribution in [0.2, 0.25) is 0 Å². The molecule has 23 heavy (non-hydrogen) atoms. The van der Waals surface area contributed by atoms with Crippen molar-refractivity contribution in [2.75, 3.05) is 0 Å². The number of allylic oxidation sites excluding steroid dienone is 4. The molecule has 0 aliphatic heterocycles. The van der Waals surface area contributed by atoms with Gasteiger partial charge in [0.25, 0.3) is 0 Å². The van der Waals surface area contributed by atoms with E-state index in [4.69, 9.17) is 0 Å². The van der Waals surface area contributed by atoms with Crippen LogP contribution < -0.4 is 0 Å². The molecule has 4 aliphatic rings. The summed E-state index contributed by atoms with van der Waals surface area (Å²) < 4.78 is 0. The van der Waals surface area contributed by atoms with Gasteiger partial charge >= 0.3 is 0 Å². The predicted octanol–water partition coefficient (Wildman–Crippen LogP) is 3.51. The Hall–Kier alpha value is -1.22. The molecule has 3 nitrogen and oxygen atoms in total. The quantitative estimate of drug-likeness (QED) is 0.806. The van der Waals surface area contributed by atoms with Crippen LogP contribution in [0.4, 0.5) is 0 Å². The van der Waals surface area contributed by atoms with E-state index in [1.807, 2.05) is 0 Å². The first-order valence-electron chi connectivity index (χ1n) is 9.03. The molecule has 4 atom stereocenters. The Morgan fingerprint density at radius 2 is 2.04 bits per heavy atom. The van der Waals surface area contributed by atoms with Crippen molar-refractivity contribution >= 4 is 11.6 Å². The van der Waals surface area contributed by atoms with Gasteiger partial charge in [-0.25, -0.2) is 0 Å². The number of carbonyl (C=O) groups is 2. The first-order chi connectivity index (χ1) is 10.9. The van der Waals surface area contributed by atoms with Crippen molar-refractivity contribution < 1.29 is 14.7 Å². The topological polar surface area (TPSA) is 54.4 Å². The van der Waals surface area contributed by atoms with Crippen LogP contribution >= 0.6 is 0 Å². The van der Waals surface area contributed by atoms with Gasteiger partial charge in [-0.15, -0.1) is 0 Å². The van der Waals surface area contributed by atoms with Gasteiger partial charge < -0.3 is 5.11 Å². The van der Waals surface area contributed by atoms with Crippen LogP contribution in [-0.4, -0.2) is 22.3 Å². The highest BCUT2D eigenvalue weighted by molar-refractivity contribution is 5.86. The third-order valence-electron chi connectivity index (χ3n) is 7.39. The minimum Gasteiger partial charge on any atom is -0.381 e. The molecule has 3 heteroatoms. The van der Waals surface area contributed by atoms with Gasteiger partial charge in [-0.05, 0) is 68.4 Å². The van der Waals surface area contributed by atoms with Gasteiger partial charge in [0.15, 0.2) is 5.78 Å². The van der Waals surface area contributed by atoms with Crippen molar-refractivity contribution in [3.05, 3.63) is 22.8 Å². The summed E-state index contributed by atoms with van der Waals surface area (Å²) in [7, 11) is 0. The molecule has 0 saturated heterocycles. The van der Waals surface area contributed by atoms with Gasteiger partial charge in [0.1, 0.15) is 11.4 Å². The predicted molar refractivity (Wildman–Crippen MR) is 87.8 cm³/mol. The molecule has 1 fully saturated rings. The van der Waals surface area contributed by atoms with Crippen LogP contribution in [0.1, 0.15) is 65.2 Å². The summed E-state index contributed by atoms with van der Waals surface area (Å²) in [6.45, 7) is 3.66. The number of ketones is 2. The van der Waals surface area contributed by atoms with Gasteiger partial charge in [-0.3, -0.25) is 9.59 Å². The maximum Gasteiger partial charge on any atom is 0.161 e. The van der Waals surface area contributed by atoms with Gasteiger partial charge in [0.2, 0.25) is 0 Å².